The first kappa shape index (κ1) is 17.3. The van der Waals surface area contributed by atoms with Gasteiger partial charge in [0, 0.05) is 18.3 Å². The third-order valence-electron chi connectivity index (χ3n) is 9.09. The van der Waals surface area contributed by atoms with Crippen molar-refractivity contribution >= 4 is 23.3 Å². The molecule has 3 nitrogen and oxygen atoms in total. The Morgan fingerprint density at radius 1 is 1.12 bits per heavy atom. The molecule has 4 aliphatic carbocycles. The average molecular weight is 377 g/mol. The highest BCUT2D eigenvalue weighted by Gasteiger charge is 2.68. The summed E-state index contributed by atoms with van der Waals surface area (Å²) in [5.41, 5.74) is 2.33. The van der Waals surface area contributed by atoms with Crippen molar-refractivity contribution in [3.63, 3.8) is 0 Å². The van der Waals surface area contributed by atoms with Crippen LogP contribution in [0.1, 0.15) is 71.6 Å². The van der Waals surface area contributed by atoms with Gasteiger partial charge in [-0.05, 0) is 80.1 Å². The van der Waals surface area contributed by atoms with Crippen LogP contribution < -0.4 is 5.41 Å². The predicted octanol–water partition coefficient (Wildman–Crippen LogP) is 3.65. The van der Waals surface area contributed by atoms with Crippen molar-refractivity contribution < 1.29 is 14.9 Å². The lowest BCUT2D eigenvalue weighted by Gasteiger charge is -2.56. The molecule has 1 heterocycles. The lowest BCUT2D eigenvalue weighted by molar-refractivity contribution is -0.166. The molecule has 0 bridgehead atoms. The lowest BCUT2D eigenvalue weighted by Crippen LogP contribution is -2.53. The number of hydrogen-bond acceptors (Lipinski definition) is 2. The smallest absolute Gasteiger partial charge is 0.306 e. The van der Waals surface area contributed by atoms with Gasteiger partial charge in [-0.2, -0.15) is 0 Å². The fourth-order valence-electron chi connectivity index (χ4n) is 8.16. The van der Waals surface area contributed by atoms with Crippen LogP contribution in [0.15, 0.2) is 10.6 Å². The number of allylic oxidation sites excluding steroid dienone is 2. The molecule has 2 N–H and O–H groups in total. The van der Waals surface area contributed by atoms with Crippen molar-refractivity contribution in [3.8, 4) is 0 Å². The number of esters is 1. The topological polar surface area (TPSA) is 51.9 Å². The molecule has 26 heavy (non-hydrogen) atoms. The van der Waals surface area contributed by atoms with Crippen LogP contribution in [0.5, 0.6) is 0 Å². The van der Waals surface area contributed by atoms with Crippen molar-refractivity contribution in [3.05, 3.63) is 10.6 Å². The Bertz CT molecular complexity index is 715. The molecule has 1 spiro atoms. The van der Waals surface area contributed by atoms with Crippen LogP contribution in [-0.4, -0.2) is 17.3 Å². The highest BCUT2D eigenvalue weighted by Crippen LogP contribution is 2.69. The van der Waals surface area contributed by atoms with Gasteiger partial charge in [0.15, 0.2) is 5.71 Å². The van der Waals surface area contributed by atoms with Crippen LogP contribution in [0.25, 0.3) is 0 Å². The number of carbonyl (C=O) groups is 1. The maximum absolute atomic E-state index is 12.0. The van der Waals surface area contributed by atoms with E-state index in [9.17, 15) is 4.79 Å². The molecular formula is C22H31ClNO2+. The van der Waals surface area contributed by atoms with Crippen LogP contribution >= 0.6 is 11.6 Å². The van der Waals surface area contributed by atoms with Gasteiger partial charge in [-0.3, -0.25) is 10.2 Å². The van der Waals surface area contributed by atoms with E-state index in [1.807, 2.05) is 0 Å². The van der Waals surface area contributed by atoms with Gasteiger partial charge in [0.1, 0.15) is 10.6 Å². The number of nitrogens with two attached hydrogens (primary N) is 1. The molecule has 7 atom stereocenters. The molecule has 0 amide bonds. The van der Waals surface area contributed by atoms with Gasteiger partial charge in [0.05, 0.1) is 0 Å². The van der Waals surface area contributed by atoms with E-state index >= 15 is 0 Å². The Kier molecular flexibility index (Phi) is 3.72. The number of fused-ring (bicyclic) bond motifs is 6. The average Bonchev–Trinajstić information content (AvgIpc) is 3.08. The first-order valence-corrected chi connectivity index (χ1v) is 11.0. The zero-order chi connectivity index (χ0) is 18.3. The molecule has 4 heteroatoms. The zero-order valence-electron chi connectivity index (χ0n) is 16.0. The van der Waals surface area contributed by atoms with Crippen LogP contribution in [0.3, 0.4) is 0 Å². The van der Waals surface area contributed by atoms with E-state index in [-0.39, 0.29) is 17.0 Å². The fourth-order valence-corrected chi connectivity index (χ4v) is 8.49. The van der Waals surface area contributed by atoms with E-state index in [4.69, 9.17) is 21.7 Å². The van der Waals surface area contributed by atoms with Gasteiger partial charge in [-0.1, -0.05) is 25.4 Å². The molecule has 5 rings (SSSR count). The molecule has 0 aromatic rings. The summed E-state index contributed by atoms with van der Waals surface area (Å²) < 4.78 is 6.08. The van der Waals surface area contributed by atoms with E-state index in [2.05, 4.69) is 13.8 Å². The zero-order valence-corrected chi connectivity index (χ0v) is 16.8. The van der Waals surface area contributed by atoms with Gasteiger partial charge in [0.25, 0.3) is 0 Å². The van der Waals surface area contributed by atoms with Crippen LogP contribution in [0, 0.1) is 35.0 Å². The maximum Gasteiger partial charge on any atom is 0.306 e. The second-order valence-electron chi connectivity index (χ2n) is 10.0. The Morgan fingerprint density at radius 3 is 2.65 bits per heavy atom. The minimum Gasteiger partial charge on any atom is -0.458 e. The fraction of sp³-hybridized carbons (Fsp3) is 0.818. The molecule has 5 aliphatic rings. The van der Waals surface area contributed by atoms with E-state index in [0.29, 0.717) is 24.2 Å². The summed E-state index contributed by atoms with van der Waals surface area (Å²) in [6.07, 6.45) is 9.53. The van der Waals surface area contributed by atoms with Crippen molar-refractivity contribution in [2.24, 2.45) is 35.0 Å². The quantitative estimate of drug-likeness (QED) is 0.656. The monoisotopic (exact) mass is 376 g/mol. The third kappa shape index (κ3) is 2.07. The molecular weight excluding hydrogens is 346 g/mol. The first-order valence-electron chi connectivity index (χ1n) is 10.6. The maximum atomic E-state index is 12.0. The predicted molar refractivity (Wildman–Crippen MR) is 101 cm³/mol. The molecule has 142 valence electrons. The highest BCUT2D eigenvalue weighted by atomic mass is 35.5. The first-order chi connectivity index (χ1) is 12.4. The summed E-state index contributed by atoms with van der Waals surface area (Å²) >= 11 is 6.61. The second kappa shape index (κ2) is 5.59. The van der Waals surface area contributed by atoms with Gasteiger partial charge >= 0.3 is 5.97 Å². The Balaban J connectivity index is 1.50. The molecule has 1 aliphatic heterocycles. The van der Waals surface area contributed by atoms with Crippen LogP contribution in [0.2, 0.25) is 0 Å². The van der Waals surface area contributed by atoms with Gasteiger partial charge < -0.3 is 4.74 Å². The van der Waals surface area contributed by atoms with Gasteiger partial charge in [-0.15, -0.1) is 0 Å². The van der Waals surface area contributed by atoms with Crippen LogP contribution in [0.4, 0.5) is 0 Å². The summed E-state index contributed by atoms with van der Waals surface area (Å²) in [5.74, 6) is 3.47. The van der Waals surface area contributed by atoms with Crippen molar-refractivity contribution in [2.75, 3.05) is 0 Å². The van der Waals surface area contributed by atoms with Gasteiger partial charge in [-0.25, -0.2) is 0 Å². The standard InChI is InChI=1S/C22H30ClNO2/c1-12-11-22(10-8-18(25)26-22)21(2)9-7-14-13-5-6-17(24)20(23)16(13)4-3-15(14)19(12)21/h12-15,19,24H,3-11H2,1-2H3/p+1/t12-,13?,14?,15?,19?,21?,22-/m0/s1. The number of ether oxygens (including phenoxy) is 1. The van der Waals surface area contributed by atoms with E-state index in [1.54, 1.807) is 0 Å². The van der Waals surface area contributed by atoms with Gasteiger partial charge in [0.2, 0.25) is 0 Å². The minimum absolute atomic E-state index is 0.0279. The molecule has 0 aromatic carbocycles. The number of halogens is 1. The van der Waals surface area contributed by atoms with Crippen molar-refractivity contribution in [1.82, 2.24) is 0 Å². The number of rotatable bonds is 0. The highest BCUT2D eigenvalue weighted by molar-refractivity contribution is 6.43. The van der Waals surface area contributed by atoms with Crippen molar-refractivity contribution in [2.45, 2.75) is 77.2 Å². The largest absolute Gasteiger partial charge is 0.458 e. The normalized spacial score (nSPS) is 50.5. The van der Waals surface area contributed by atoms with E-state index < -0.39 is 0 Å². The molecule has 1 saturated heterocycles. The minimum atomic E-state index is -0.183. The van der Waals surface area contributed by atoms with Crippen molar-refractivity contribution in [1.29, 1.82) is 0 Å². The SMILES string of the molecule is C[C@H]1C[C@@]2(CCC(=O)O2)C2(C)CCC3C4CCC(=[NH2+])C(Cl)=C4CCC3C12. The van der Waals surface area contributed by atoms with E-state index in [0.717, 1.165) is 48.3 Å². The Labute approximate surface area is 161 Å². The summed E-state index contributed by atoms with van der Waals surface area (Å²) in [4.78, 5) is 12.0. The summed E-state index contributed by atoms with van der Waals surface area (Å²) in [5, 5.41) is 7.05. The lowest BCUT2D eigenvalue weighted by atomic mass is 9.49. The number of hydrogen-bond donors (Lipinski definition) is 1. The third-order valence-corrected chi connectivity index (χ3v) is 9.58. The summed E-state index contributed by atoms with van der Waals surface area (Å²) in [7, 11) is 0. The summed E-state index contributed by atoms with van der Waals surface area (Å²) in [6, 6.07) is 0. The molecule has 0 aromatic heterocycles. The molecule has 0 radical (unpaired) electrons. The molecule has 5 unspecified atom stereocenters. The van der Waals surface area contributed by atoms with E-state index in [1.165, 1.54) is 31.3 Å². The Morgan fingerprint density at radius 2 is 1.92 bits per heavy atom. The Hall–Kier alpha value is -0.830. The molecule has 4 fully saturated rings. The second-order valence-corrected chi connectivity index (χ2v) is 10.4. The molecule has 3 saturated carbocycles. The van der Waals surface area contributed by atoms with Crippen LogP contribution in [-0.2, 0) is 9.53 Å². The summed E-state index contributed by atoms with van der Waals surface area (Å²) in [6.45, 7) is 4.86. The number of carbonyl (C=O) groups excluding carboxylic acids is 1.